The number of phenols is 1. The van der Waals surface area contributed by atoms with Gasteiger partial charge in [0.05, 0.1) is 7.11 Å². The van der Waals surface area contributed by atoms with Crippen molar-refractivity contribution in [2.45, 2.75) is 51.4 Å². The predicted octanol–water partition coefficient (Wildman–Crippen LogP) is 5.87. The van der Waals surface area contributed by atoms with Crippen LogP contribution in [0.1, 0.15) is 62.5 Å². The van der Waals surface area contributed by atoms with Gasteiger partial charge in [-0.1, -0.05) is 44.5 Å². The van der Waals surface area contributed by atoms with Crippen LogP contribution in [0, 0.1) is 0 Å². The number of phenolic OH excluding ortho intramolecular Hbond substituents is 1. The molecule has 0 saturated carbocycles. The summed E-state index contributed by atoms with van der Waals surface area (Å²) in [5.41, 5.74) is 2.71. The van der Waals surface area contributed by atoms with Crippen LogP contribution in [0.4, 0.5) is 0 Å². The van der Waals surface area contributed by atoms with Crippen molar-refractivity contribution < 1.29 is 9.84 Å². The first-order valence-corrected chi connectivity index (χ1v) is 8.57. The molecule has 2 atom stereocenters. The minimum atomic E-state index is 0.339. The largest absolute Gasteiger partial charge is 0.508 e. The minimum absolute atomic E-state index is 0.339. The molecule has 0 amide bonds. The Morgan fingerprint density at radius 3 is 2.09 bits per heavy atom. The maximum absolute atomic E-state index is 9.37. The van der Waals surface area contributed by atoms with Gasteiger partial charge in [-0.2, -0.15) is 0 Å². The molecular weight excluding hydrogens is 284 g/mol. The second-order valence-electron chi connectivity index (χ2n) is 6.30. The molecule has 0 fully saturated rings. The van der Waals surface area contributed by atoms with E-state index in [-0.39, 0.29) is 0 Å². The Balaban J connectivity index is 1.86. The number of rotatable bonds is 8. The molecule has 0 radical (unpaired) electrons. The third kappa shape index (κ3) is 5.02. The molecule has 2 aromatic rings. The first kappa shape index (κ1) is 17.4. The van der Waals surface area contributed by atoms with Crippen LogP contribution in [0.25, 0.3) is 0 Å². The van der Waals surface area contributed by atoms with Crippen LogP contribution < -0.4 is 4.74 Å². The second kappa shape index (κ2) is 8.61. The average Bonchev–Trinajstić information content (AvgIpc) is 2.59. The molecule has 2 unspecified atom stereocenters. The zero-order valence-electron chi connectivity index (χ0n) is 14.5. The lowest BCUT2D eigenvalue weighted by Crippen LogP contribution is -2.00. The van der Waals surface area contributed by atoms with Gasteiger partial charge in [0.25, 0.3) is 0 Å². The van der Waals surface area contributed by atoms with Crippen molar-refractivity contribution in [1.29, 1.82) is 0 Å². The van der Waals surface area contributed by atoms with Crippen molar-refractivity contribution in [3.63, 3.8) is 0 Å². The molecule has 2 aromatic carbocycles. The summed E-state index contributed by atoms with van der Waals surface area (Å²) in [6.07, 6.45) is 4.77. The fourth-order valence-corrected chi connectivity index (χ4v) is 3.12. The maximum Gasteiger partial charge on any atom is 0.118 e. The van der Waals surface area contributed by atoms with Crippen molar-refractivity contribution in [2.24, 2.45) is 0 Å². The average molecular weight is 312 g/mol. The van der Waals surface area contributed by atoms with Crippen LogP contribution in [-0.4, -0.2) is 12.2 Å². The predicted molar refractivity (Wildman–Crippen MR) is 96.4 cm³/mol. The highest BCUT2D eigenvalue weighted by Gasteiger charge is 2.11. The Hall–Kier alpha value is -1.96. The van der Waals surface area contributed by atoms with Gasteiger partial charge in [-0.15, -0.1) is 0 Å². The molecule has 2 heteroatoms. The molecular formula is C21H28O2. The SMILES string of the molecule is CCC(CCCC(C)c1ccc(O)cc1)c1ccc(OC)cc1. The van der Waals surface area contributed by atoms with E-state index in [4.69, 9.17) is 4.74 Å². The molecule has 0 bridgehead atoms. The smallest absolute Gasteiger partial charge is 0.118 e. The van der Waals surface area contributed by atoms with Crippen LogP contribution in [0.3, 0.4) is 0 Å². The van der Waals surface area contributed by atoms with Crippen LogP contribution in [-0.2, 0) is 0 Å². The van der Waals surface area contributed by atoms with Gasteiger partial charge >= 0.3 is 0 Å². The van der Waals surface area contributed by atoms with Gasteiger partial charge in [-0.25, -0.2) is 0 Å². The van der Waals surface area contributed by atoms with E-state index in [0.717, 1.165) is 5.75 Å². The Labute approximate surface area is 140 Å². The van der Waals surface area contributed by atoms with Gasteiger partial charge in [0, 0.05) is 0 Å². The van der Waals surface area contributed by atoms with Crippen molar-refractivity contribution in [1.82, 2.24) is 0 Å². The van der Waals surface area contributed by atoms with E-state index < -0.39 is 0 Å². The number of benzene rings is 2. The van der Waals surface area contributed by atoms with E-state index >= 15 is 0 Å². The summed E-state index contributed by atoms with van der Waals surface area (Å²) < 4.78 is 5.23. The van der Waals surface area contributed by atoms with Crippen molar-refractivity contribution in [3.05, 3.63) is 59.7 Å². The molecule has 23 heavy (non-hydrogen) atoms. The molecule has 0 aliphatic carbocycles. The van der Waals surface area contributed by atoms with Gasteiger partial charge in [0.1, 0.15) is 11.5 Å². The third-order valence-corrected chi connectivity index (χ3v) is 4.73. The molecule has 0 heterocycles. The number of ether oxygens (including phenoxy) is 1. The van der Waals surface area contributed by atoms with E-state index in [1.165, 1.54) is 36.8 Å². The fourth-order valence-electron chi connectivity index (χ4n) is 3.12. The Morgan fingerprint density at radius 2 is 1.52 bits per heavy atom. The highest BCUT2D eigenvalue weighted by Crippen LogP contribution is 2.30. The molecule has 0 aliphatic rings. The minimum Gasteiger partial charge on any atom is -0.508 e. The van der Waals surface area contributed by atoms with E-state index in [1.54, 1.807) is 19.2 Å². The standard InChI is InChI=1S/C21H28O2/c1-4-17(19-10-14-21(23-3)15-11-19)7-5-6-16(2)18-8-12-20(22)13-9-18/h8-17,22H,4-7H2,1-3H3. The van der Waals surface area contributed by atoms with Crippen LogP contribution in [0.2, 0.25) is 0 Å². The number of methoxy groups -OCH3 is 1. The monoisotopic (exact) mass is 312 g/mol. The second-order valence-corrected chi connectivity index (χ2v) is 6.30. The summed E-state index contributed by atoms with van der Waals surface area (Å²) in [5.74, 6) is 2.41. The first-order chi connectivity index (χ1) is 11.1. The highest BCUT2D eigenvalue weighted by atomic mass is 16.5. The van der Waals surface area contributed by atoms with E-state index in [0.29, 0.717) is 17.6 Å². The first-order valence-electron chi connectivity index (χ1n) is 8.57. The van der Waals surface area contributed by atoms with Gasteiger partial charge in [-0.05, 0) is 66.5 Å². The summed E-state index contributed by atoms with van der Waals surface area (Å²) in [6.45, 7) is 4.53. The maximum atomic E-state index is 9.37. The Morgan fingerprint density at radius 1 is 0.913 bits per heavy atom. The van der Waals surface area contributed by atoms with Crippen molar-refractivity contribution >= 4 is 0 Å². The summed E-state index contributed by atoms with van der Waals surface area (Å²) >= 11 is 0. The lowest BCUT2D eigenvalue weighted by molar-refractivity contribution is 0.414. The topological polar surface area (TPSA) is 29.5 Å². The van der Waals surface area contributed by atoms with Crippen molar-refractivity contribution in [2.75, 3.05) is 7.11 Å². The van der Waals surface area contributed by atoms with Gasteiger partial charge in [0.2, 0.25) is 0 Å². The molecule has 0 saturated heterocycles. The number of aromatic hydroxyl groups is 1. The summed E-state index contributed by atoms with van der Waals surface area (Å²) in [4.78, 5) is 0. The van der Waals surface area contributed by atoms with Crippen LogP contribution >= 0.6 is 0 Å². The summed E-state index contributed by atoms with van der Waals surface area (Å²) in [5, 5.41) is 9.37. The number of hydrogen-bond donors (Lipinski definition) is 1. The van der Waals surface area contributed by atoms with Gasteiger partial charge in [-0.3, -0.25) is 0 Å². The normalized spacial score (nSPS) is 13.5. The highest BCUT2D eigenvalue weighted by molar-refractivity contribution is 5.29. The van der Waals surface area contributed by atoms with E-state index in [1.807, 2.05) is 12.1 Å². The zero-order chi connectivity index (χ0) is 16.7. The lowest BCUT2D eigenvalue weighted by Gasteiger charge is -2.18. The lowest BCUT2D eigenvalue weighted by atomic mass is 9.88. The van der Waals surface area contributed by atoms with E-state index in [2.05, 4.69) is 38.1 Å². The fraction of sp³-hybridized carbons (Fsp3) is 0.429. The molecule has 0 spiro atoms. The molecule has 0 aromatic heterocycles. The van der Waals surface area contributed by atoms with Crippen molar-refractivity contribution in [3.8, 4) is 11.5 Å². The Bertz CT molecular complexity index is 572. The van der Waals surface area contributed by atoms with Gasteiger partial charge in [0.15, 0.2) is 0 Å². The molecule has 1 N–H and O–H groups in total. The summed E-state index contributed by atoms with van der Waals surface area (Å²) in [7, 11) is 1.71. The van der Waals surface area contributed by atoms with E-state index in [9.17, 15) is 5.11 Å². The van der Waals surface area contributed by atoms with Crippen LogP contribution in [0.15, 0.2) is 48.5 Å². The van der Waals surface area contributed by atoms with Gasteiger partial charge < -0.3 is 9.84 Å². The zero-order valence-corrected chi connectivity index (χ0v) is 14.5. The molecule has 2 nitrogen and oxygen atoms in total. The number of hydrogen-bond acceptors (Lipinski definition) is 2. The molecule has 0 aliphatic heterocycles. The molecule has 124 valence electrons. The molecule has 2 rings (SSSR count). The third-order valence-electron chi connectivity index (χ3n) is 4.73. The Kier molecular flexibility index (Phi) is 6.52. The summed E-state index contributed by atoms with van der Waals surface area (Å²) in [6, 6.07) is 16.1. The quantitative estimate of drug-likeness (QED) is 0.660. The van der Waals surface area contributed by atoms with Crippen LogP contribution in [0.5, 0.6) is 11.5 Å².